The quantitative estimate of drug-likeness (QED) is 0.893. The van der Waals surface area contributed by atoms with E-state index in [2.05, 4.69) is 36.8 Å². The highest BCUT2D eigenvalue weighted by molar-refractivity contribution is 9.11. The summed E-state index contributed by atoms with van der Waals surface area (Å²) in [6, 6.07) is 1.57. The van der Waals surface area contributed by atoms with Gasteiger partial charge in [0.25, 0.3) is 0 Å². The lowest BCUT2D eigenvalue weighted by Crippen LogP contribution is -2.37. The molecule has 2 rings (SSSR count). The van der Waals surface area contributed by atoms with Crippen LogP contribution in [0.25, 0.3) is 0 Å². The molecule has 2 heterocycles. The van der Waals surface area contributed by atoms with Crippen LogP contribution >= 0.6 is 27.3 Å². The van der Waals surface area contributed by atoms with Gasteiger partial charge in [-0.1, -0.05) is 0 Å². The molecule has 6 nitrogen and oxygen atoms in total. The minimum Gasteiger partial charge on any atom is -0.334 e. The Morgan fingerprint density at radius 3 is 3.00 bits per heavy atom. The summed E-state index contributed by atoms with van der Waals surface area (Å²) in [4.78, 5) is 11.8. The van der Waals surface area contributed by atoms with Gasteiger partial charge in [-0.3, -0.25) is 0 Å². The van der Waals surface area contributed by atoms with Crippen molar-refractivity contribution in [3.63, 3.8) is 0 Å². The summed E-state index contributed by atoms with van der Waals surface area (Å²) in [6.07, 6.45) is 1.61. The summed E-state index contributed by atoms with van der Waals surface area (Å²) in [5, 5.41) is 15.4. The molecule has 0 unspecified atom stereocenters. The smallest absolute Gasteiger partial charge is 0.315 e. The molecule has 0 radical (unpaired) electrons. The highest BCUT2D eigenvalue weighted by atomic mass is 79.9. The Hall–Kier alpha value is -1.41. The summed E-state index contributed by atoms with van der Waals surface area (Å²) in [7, 11) is 1.84. The molecule has 0 saturated carbocycles. The fraction of sp³-hybridized carbons (Fsp3) is 0.364. The molecule has 8 heteroatoms. The predicted molar refractivity (Wildman–Crippen MR) is 76.8 cm³/mol. The third-order valence-corrected chi connectivity index (χ3v) is 4.11. The first-order valence-corrected chi connectivity index (χ1v) is 7.34. The number of hydrogen-bond acceptors (Lipinski definition) is 4. The van der Waals surface area contributed by atoms with Gasteiger partial charge in [0.2, 0.25) is 0 Å². The Morgan fingerprint density at radius 2 is 2.42 bits per heavy atom. The number of aromatic nitrogens is 3. The molecule has 0 saturated heterocycles. The van der Waals surface area contributed by atoms with Crippen LogP contribution in [0.5, 0.6) is 0 Å². The molecule has 0 fully saturated rings. The highest BCUT2D eigenvalue weighted by Crippen LogP contribution is 2.20. The van der Waals surface area contributed by atoms with Crippen LogP contribution in [0, 0.1) is 0 Å². The lowest BCUT2D eigenvalue weighted by Gasteiger charge is -2.13. The topological polar surface area (TPSA) is 71.8 Å². The van der Waals surface area contributed by atoms with Crippen LogP contribution in [0.3, 0.4) is 0 Å². The maximum absolute atomic E-state index is 11.8. The molecule has 0 aliphatic carbocycles. The summed E-state index contributed by atoms with van der Waals surface area (Å²) >= 11 is 4.98. The van der Waals surface area contributed by atoms with Gasteiger partial charge in [-0.15, -0.1) is 21.5 Å². The van der Waals surface area contributed by atoms with Crippen LogP contribution in [-0.4, -0.2) is 20.8 Å². The zero-order valence-electron chi connectivity index (χ0n) is 10.6. The van der Waals surface area contributed by atoms with E-state index in [0.717, 1.165) is 9.35 Å². The molecule has 0 bridgehead atoms. The van der Waals surface area contributed by atoms with Gasteiger partial charge in [0.15, 0.2) is 5.82 Å². The van der Waals surface area contributed by atoms with Crippen LogP contribution in [0.1, 0.15) is 24.4 Å². The van der Waals surface area contributed by atoms with Gasteiger partial charge < -0.3 is 15.2 Å². The normalized spacial score (nSPS) is 12.2. The first kappa shape index (κ1) is 14.0. The maximum Gasteiger partial charge on any atom is 0.315 e. The third kappa shape index (κ3) is 3.77. The number of nitrogens with one attached hydrogen (secondary N) is 2. The molecule has 2 amide bonds. The third-order valence-electron chi connectivity index (χ3n) is 2.56. The van der Waals surface area contributed by atoms with Crippen molar-refractivity contribution < 1.29 is 4.79 Å². The van der Waals surface area contributed by atoms with E-state index in [1.807, 2.05) is 25.4 Å². The molecule has 0 aliphatic rings. The monoisotopic (exact) mass is 343 g/mol. The number of urea groups is 1. The largest absolute Gasteiger partial charge is 0.334 e. The van der Waals surface area contributed by atoms with Crippen LogP contribution in [-0.2, 0) is 13.6 Å². The van der Waals surface area contributed by atoms with Crippen molar-refractivity contribution in [2.75, 3.05) is 0 Å². The van der Waals surface area contributed by atoms with E-state index in [4.69, 9.17) is 0 Å². The first-order valence-electron chi connectivity index (χ1n) is 5.67. The van der Waals surface area contributed by atoms with Crippen molar-refractivity contribution in [2.45, 2.75) is 19.5 Å². The van der Waals surface area contributed by atoms with E-state index in [1.54, 1.807) is 22.2 Å². The molecule has 19 heavy (non-hydrogen) atoms. The second kappa shape index (κ2) is 6.16. The number of nitrogens with zero attached hydrogens (tertiary/aromatic N) is 3. The summed E-state index contributed by atoms with van der Waals surface area (Å²) in [6.45, 7) is 2.37. The molecule has 0 aliphatic heterocycles. The van der Waals surface area contributed by atoms with Crippen LogP contribution in [0.4, 0.5) is 4.79 Å². The summed E-state index contributed by atoms with van der Waals surface area (Å²) < 4.78 is 2.83. The van der Waals surface area contributed by atoms with Gasteiger partial charge >= 0.3 is 6.03 Å². The van der Waals surface area contributed by atoms with E-state index in [0.29, 0.717) is 12.4 Å². The van der Waals surface area contributed by atoms with E-state index in [9.17, 15) is 4.79 Å². The van der Waals surface area contributed by atoms with E-state index >= 15 is 0 Å². The van der Waals surface area contributed by atoms with Crippen molar-refractivity contribution >= 4 is 33.3 Å². The fourth-order valence-electron chi connectivity index (χ4n) is 1.62. The van der Waals surface area contributed by atoms with Gasteiger partial charge in [-0.05, 0) is 39.9 Å². The Labute approximate surface area is 123 Å². The predicted octanol–water partition coefficient (Wildman–Crippen LogP) is 2.20. The van der Waals surface area contributed by atoms with Crippen molar-refractivity contribution in [3.05, 3.63) is 32.9 Å². The SMILES string of the molecule is C[C@@H](NC(=O)NCc1csc(Br)c1)c1nncn1C. The number of halogens is 1. The van der Waals surface area contributed by atoms with Crippen LogP contribution < -0.4 is 10.6 Å². The minimum atomic E-state index is -0.224. The van der Waals surface area contributed by atoms with Crippen LogP contribution in [0.2, 0.25) is 0 Å². The molecule has 2 N–H and O–H groups in total. The second-order valence-corrected chi connectivity index (χ2v) is 6.40. The molecular formula is C11H14BrN5OS. The summed E-state index contributed by atoms with van der Waals surface area (Å²) in [5.74, 6) is 0.716. The Morgan fingerprint density at radius 1 is 1.63 bits per heavy atom. The lowest BCUT2D eigenvalue weighted by atomic mass is 10.3. The fourth-order valence-corrected chi connectivity index (χ4v) is 2.83. The van der Waals surface area contributed by atoms with Crippen molar-refractivity contribution in [1.29, 1.82) is 0 Å². The Kier molecular flexibility index (Phi) is 4.54. The zero-order valence-corrected chi connectivity index (χ0v) is 13.0. The number of hydrogen-bond donors (Lipinski definition) is 2. The van der Waals surface area contributed by atoms with E-state index < -0.39 is 0 Å². The van der Waals surface area contributed by atoms with Gasteiger partial charge in [0.05, 0.1) is 9.83 Å². The second-order valence-electron chi connectivity index (χ2n) is 4.11. The number of amides is 2. The maximum atomic E-state index is 11.8. The number of carbonyl (C=O) groups excluding carboxylic acids is 1. The van der Waals surface area contributed by atoms with Gasteiger partial charge in [-0.25, -0.2) is 4.79 Å². The molecule has 0 aromatic carbocycles. The molecule has 102 valence electrons. The average molecular weight is 344 g/mol. The number of rotatable bonds is 4. The summed E-state index contributed by atoms with van der Waals surface area (Å²) in [5.41, 5.74) is 1.07. The number of carbonyl (C=O) groups is 1. The molecular weight excluding hydrogens is 330 g/mol. The van der Waals surface area contributed by atoms with Crippen molar-refractivity contribution in [1.82, 2.24) is 25.4 Å². The Balaban J connectivity index is 1.83. The van der Waals surface area contributed by atoms with E-state index in [-0.39, 0.29) is 12.1 Å². The van der Waals surface area contributed by atoms with Gasteiger partial charge in [0.1, 0.15) is 6.33 Å². The van der Waals surface area contributed by atoms with Crippen molar-refractivity contribution in [3.8, 4) is 0 Å². The minimum absolute atomic E-state index is 0.193. The van der Waals surface area contributed by atoms with Gasteiger partial charge in [0, 0.05) is 13.6 Å². The zero-order chi connectivity index (χ0) is 13.8. The lowest BCUT2D eigenvalue weighted by molar-refractivity contribution is 0.237. The highest BCUT2D eigenvalue weighted by Gasteiger charge is 2.13. The number of aryl methyl sites for hydroxylation is 1. The molecule has 2 aromatic heterocycles. The molecule has 0 spiro atoms. The first-order chi connectivity index (χ1) is 9.06. The number of thiophene rings is 1. The van der Waals surface area contributed by atoms with Crippen LogP contribution in [0.15, 0.2) is 21.6 Å². The Bertz CT molecular complexity index is 567. The standard InChI is InChI=1S/C11H14BrN5OS/c1-7(10-16-14-6-17(10)2)15-11(18)13-4-8-3-9(12)19-5-8/h3,5-7H,4H2,1-2H3,(H2,13,15,18)/t7-/m1/s1. The van der Waals surface area contributed by atoms with Gasteiger partial charge in [-0.2, -0.15) is 0 Å². The average Bonchev–Trinajstić information content (AvgIpc) is 2.95. The van der Waals surface area contributed by atoms with Crippen molar-refractivity contribution in [2.24, 2.45) is 7.05 Å². The molecule has 1 atom stereocenters. The molecule has 2 aromatic rings. The van der Waals surface area contributed by atoms with E-state index in [1.165, 1.54) is 0 Å².